The molecule has 0 spiro atoms. The lowest BCUT2D eigenvalue weighted by atomic mass is 10.1. The molecule has 14 heavy (non-hydrogen) atoms. The zero-order valence-electron chi connectivity index (χ0n) is 7.45. The third-order valence-electron chi connectivity index (χ3n) is 1.60. The van der Waals surface area contributed by atoms with Crippen molar-refractivity contribution in [2.24, 2.45) is 0 Å². The van der Waals surface area contributed by atoms with Gasteiger partial charge in [0.1, 0.15) is 10.7 Å². The van der Waals surface area contributed by atoms with Gasteiger partial charge in [-0.05, 0) is 27.6 Å². The third-order valence-corrected chi connectivity index (χ3v) is 2.32. The van der Waals surface area contributed by atoms with Crippen molar-refractivity contribution in [3.8, 4) is 6.07 Å². The van der Waals surface area contributed by atoms with Gasteiger partial charge in [-0.15, -0.1) is 0 Å². The number of hydrogen-bond donors (Lipinski definition) is 0. The summed E-state index contributed by atoms with van der Waals surface area (Å²) in [6, 6.07) is 3.56. The summed E-state index contributed by atoms with van der Waals surface area (Å²) in [5.41, 5.74) is 1.07. The molecule has 0 atom stereocenters. The lowest BCUT2D eigenvalue weighted by molar-refractivity contribution is -0.139. The quantitative estimate of drug-likeness (QED) is 0.592. The van der Waals surface area contributed by atoms with Gasteiger partial charge in [0.25, 0.3) is 0 Å². The van der Waals surface area contributed by atoms with Gasteiger partial charge in [-0.2, -0.15) is 5.26 Å². The highest BCUT2D eigenvalue weighted by Gasteiger charge is 2.08. The molecule has 0 bridgehead atoms. The Kier molecular flexibility index (Phi) is 3.60. The van der Waals surface area contributed by atoms with Crippen molar-refractivity contribution in [1.29, 1.82) is 5.26 Å². The molecule has 0 saturated heterocycles. The highest BCUT2D eigenvalue weighted by Crippen LogP contribution is 2.15. The van der Waals surface area contributed by atoms with E-state index in [9.17, 15) is 4.79 Å². The predicted molar refractivity (Wildman–Crippen MR) is 52.4 cm³/mol. The molecule has 0 aliphatic rings. The number of aromatic nitrogens is 1. The van der Waals surface area contributed by atoms with Crippen LogP contribution in [-0.2, 0) is 16.0 Å². The van der Waals surface area contributed by atoms with Crippen LogP contribution in [0.4, 0.5) is 0 Å². The summed E-state index contributed by atoms with van der Waals surface area (Å²) >= 11 is 3.19. The summed E-state index contributed by atoms with van der Waals surface area (Å²) in [4.78, 5) is 14.9. The molecule has 4 nitrogen and oxygen atoms in total. The number of pyridine rings is 1. The Labute approximate surface area is 89.6 Å². The van der Waals surface area contributed by atoms with Crippen LogP contribution in [-0.4, -0.2) is 18.1 Å². The number of nitriles is 1. The highest BCUT2D eigenvalue weighted by atomic mass is 79.9. The molecule has 1 aromatic rings. The molecular weight excluding hydrogens is 248 g/mol. The number of carbonyl (C=O) groups is 1. The molecule has 1 aromatic heterocycles. The topological polar surface area (TPSA) is 63.0 Å². The van der Waals surface area contributed by atoms with E-state index in [1.54, 1.807) is 6.07 Å². The van der Waals surface area contributed by atoms with Gasteiger partial charge in [-0.1, -0.05) is 0 Å². The molecule has 0 N–H and O–H groups in total. The van der Waals surface area contributed by atoms with Crippen LogP contribution in [0.25, 0.3) is 0 Å². The number of esters is 1. The van der Waals surface area contributed by atoms with Crippen LogP contribution in [0.2, 0.25) is 0 Å². The van der Waals surface area contributed by atoms with Crippen molar-refractivity contribution in [2.45, 2.75) is 6.42 Å². The smallest absolute Gasteiger partial charge is 0.310 e. The minimum Gasteiger partial charge on any atom is -0.469 e. The molecule has 0 amide bonds. The standard InChI is InChI=1S/C9H7BrN2O2/c1-14-8(13)3-7-2-6(4-11)5-12-9(7)10/h2,5H,3H2,1H3. The van der Waals surface area contributed by atoms with Gasteiger partial charge in [0.05, 0.1) is 19.1 Å². The molecule has 0 radical (unpaired) electrons. The number of hydrogen-bond acceptors (Lipinski definition) is 4. The van der Waals surface area contributed by atoms with Crippen LogP contribution in [0, 0.1) is 11.3 Å². The van der Waals surface area contributed by atoms with Gasteiger partial charge >= 0.3 is 5.97 Å². The van der Waals surface area contributed by atoms with Crippen molar-refractivity contribution >= 4 is 21.9 Å². The summed E-state index contributed by atoms with van der Waals surface area (Å²) in [7, 11) is 1.32. The average molecular weight is 255 g/mol. The van der Waals surface area contributed by atoms with E-state index >= 15 is 0 Å². The maximum Gasteiger partial charge on any atom is 0.310 e. The lowest BCUT2D eigenvalue weighted by Gasteiger charge is -2.02. The SMILES string of the molecule is COC(=O)Cc1cc(C#N)cnc1Br. The fourth-order valence-corrected chi connectivity index (χ4v) is 1.26. The van der Waals surface area contributed by atoms with Crippen molar-refractivity contribution in [2.75, 3.05) is 7.11 Å². The van der Waals surface area contributed by atoms with Crippen LogP contribution < -0.4 is 0 Å². The summed E-state index contributed by atoms with van der Waals surface area (Å²) < 4.78 is 5.07. The largest absolute Gasteiger partial charge is 0.469 e. The number of rotatable bonds is 2. The van der Waals surface area contributed by atoms with E-state index in [1.807, 2.05) is 6.07 Å². The third kappa shape index (κ3) is 2.54. The van der Waals surface area contributed by atoms with Gasteiger partial charge in [-0.25, -0.2) is 4.98 Å². The van der Waals surface area contributed by atoms with E-state index in [1.165, 1.54) is 13.3 Å². The Hall–Kier alpha value is -1.41. The minimum atomic E-state index is -0.359. The average Bonchev–Trinajstić information content (AvgIpc) is 2.21. The number of halogens is 1. The number of nitrogens with zero attached hydrogens (tertiary/aromatic N) is 2. The predicted octanol–water partition coefficient (Wildman–Crippen LogP) is 1.43. The van der Waals surface area contributed by atoms with Crippen molar-refractivity contribution < 1.29 is 9.53 Å². The second-order valence-corrected chi connectivity index (χ2v) is 3.29. The molecule has 0 fully saturated rings. The molecule has 72 valence electrons. The van der Waals surface area contributed by atoms with Crippen LogP contribution in [0.1, 0.15) is 11.1 Å². The number of carbonyl (C=O) groups excluding carboxylic acids is 1. The van der Waals surface area contributed by atoms with E-state index in [4.69, 9.17) is 5.26 Å². The van der Waals surface area contributed by atoms with Gasteiger partial charge in [0, 0.05) is 6.20 Å². The highest BCUT2D eigenvalue weighted by molar-refractivity contribution is 9.10. The van der Waals surface area contributed by atoms with Gasteiger partial charge in [0.15, 0.2) is 0 Å². The number of methoxy groups -OCH3 is 1. The zero-order valence-corrected chi connectivity index (χ0v) is 9.04. The van der Waals surface area contributed by atoms with E-state index in [-0.39, 0.29) is 12.4 Å². The molecule has 1 rings (SSSR count). The summed E-state index contributed by atoms with van der Waals surface area (Å²) in [5.74, 6) is -0.359. The Bertz CT molecular complexity index is 398. The molecule has 0 unspecified atom stereocenters. The molecule has 5 heteroatoms. The Morgan fingerprint density at radius 1 is 1.79 bits per heavy atom. The number of ether oxygens (including phenoxy) is 1. The fourth-order valence-electron chi connectivity index (χ4n) is 0.906. The van der Waals surface area contributed by atoms with Crippen LogP contribution >= 0.6 is 15.9 Å². The van der Waals surface area contributed by atoms with Crippen molar-refractivity contribution in [1.82, 2.24) is 4.98 Å². The van der Waals surface area contributed by atoms with E-state index < -0.39 is 0 Å². The zero-order chi connectivity index (χ0) is 10.6. The van der Waals surface area contributed by atoms with Gasteiger partial charge in [0.2, 0.25) is 0 Å². The second-order valence-electron chi connectivity index (χ2n) is 2.54. The Balaban J connectivity index is 2.96. The first-order valence-electron chi connectivity index (χ1n) is 3.78. The minimum absolute atomic E-state index is 0.111. The molecule has 0 aromatic carbocycles. The van der Waals surface area contributed by atoms with Gasteiger partial charge < -0.3 is 4.74 Å². The first-order chi connectivity index (χ1) is 6.67. The summed E-state index contributed by atoms with van der Waals surface area (Å²) in [5, 5.41) is 8.62. The monoisotopic (exact) mass is 254 g/mol. The summed E-state index contributed by atoms with van der Waals surface area (Å²) in [6.45, 7) is 0. The molecule has 0 saturated carbocycles. The maximum atomic E-state index is 11.0. The molecule has 0 aliphatic heterocycles. The van der Waals surface area contributed by atoms with Crippen molar-refractivity contribution in [3.05, 3.63) is 28.0 Å². The van der Waals surface area contributed by atoms with Gasteiger partial charge in [-0.3, -0.25) is 4.79 Å². The second kappa shape index (κ2) is 4.72. The first-order valence-corrected chi connectivity index (χ1v) is 4.58. The normalized spacial score (nSPS) is 9.21. The van der Waals surface area contributed by atoms with Crippen LogP contribution in [0.3, 0.4) is 0 Å². The van der Waals surface area contributed by atoms with Crippen LogP contribution in [0.5, 0.6) is 0 Å². The Morgan fingerprint density at radius 2 is 2.50 bits per heavy atom. The first kappa shape index (κ1) is 10.7. The maximum absolute atomic E-state index is 11.0. The fraction of sp³-hybridized carbons (Fsp3) is 0.222. The van der Waals surface area contributed by atoms with E-state index in [2.05, 4.69) is 25.7 Å². The van der Waals surface area contributed by atoms with Crippen molar-refractivity contribution in [3.63, 3.8) is 0 Å². The van der Waals surface area contributed by atoms with E-state index in [0.29, 0.717) is 15.7 Å². The molecular formula is C9H7BrN2O2. The van der Waals surface area contributed by atoms with E-state index in [0.717, 1.165) is 0 Å². The lowest BCUT2D eigenvalue weighted by Crippen LogP contribution is -2.05. The van der Waals surface area contributed by atoms with Crippen LogP contribution in [0.15, 0.2) is 16.9 Å². The Morgan fingerprint density at radius 3 is 3.07 bits per heavy atom. The molecule has 1 heterocycles. The summed E-state index contributed by atoms with van der Waals surface area (Å²) in [6.07, 6.45) is 1.55. The molecule has 0 aliphatic carbocycles.